The number of aryl methyl sites for hydroxylation is 1. The highest BCUT2D eigenvalue weighted by molar-refractivity contribution is 5.25. The van der Waals surface area contributed by atoms with Crippen LogP contribution in [-0.2, 0) is 0 Å². The van der Waals surface area contributed by atoms with E-state index in [-0.39, 0.29) is 6.04 Å². The summed E-state index contributed by atoms with van der Waals surface area (Å²) in [7, 11) is 0. The molecule has 4 saturated carbocycles. The molecule has 0 aromatic heterocycles. The lowest BCUT2D eigenvalue weighted by Gasteiger charge is -2.57. The van der Waals surface area contributed by atoms with E-state index in [9.17, 15) is 0 Å². The lowest BCUT2D eigenvalue weighted by Crippen LogP contribution is -2.47. The third-order valence-corrected chi connectivity index (χ3v) is 6.29. The van der Waals surface area contributed by atoms with Crippen LogP contribution in [0.4, 0.5) is 0 Å². The average Bonchev–Trinajstić information content (AvgIpc) is 2.36. The van der Waals surface area contributed by atoms with Crippen molar-refractivity contribution in [2.75, 3.05) is 0 Å². The Morgan fingerprint density at radius 1 is 1.10 bits per heavy atom. The fourth-order valence-corrected chi connectivity index (χ4v) is 6.03. The maximum absolute atomic E-state index is 6.59. The largest absolute Gasteiger partial charge is 0.324 e. The molecule has 4 fully saturated rings. The summed E-state index contributed by atoms with van der Waals surface area (Å²) >= 11 is 0. The van der Waals surface area contributed by atoms with Crippen LogP contribution in [0.2, 0.25) is 0 Å². The smallest absolute Gasteiger partial charge is 0.0300 e. The molecule has 1 aromatic rings. The number of nitrogens with two attached hydrogens (primary N) is 1. The molecule has 4 aliphatic carbocycles. The van der Waals surface area contributed by atoms with Gasteiger partial charge in [0.1, 0.15) is 0 Å². The molecule has 1 nitrogen and oxygen atoms in total. The fourth-order valence-electron chi connectivity index (χ4n) is 6.03. The summed E-state index contributed by atoms with van der Waals surface area (Å²) in [5.41, 5.74) is 9.86. The van der Waals surface area contributed by atoms with Crippen molar-refractivity contribution in [3.63, 3.8) is 0 Å². The first-order chi connectivity index (χ1) is 9.62. The lowest BCUT2D eigenvalue weighted by atomic mass is 9.48. The molecular weight excluding hydrogens is 242 g/mol. The van der Waals surface area contributed by atoms with Gasteiger partial charge in [0, 0.05) is 6.04 Å². The first-order valence-corrected chi connectivity index (χ1v) is 8.44. The number of rotatable bonds is 3. The van der Waals surface area contributed by atoms with Crippen LogP contribution >= 0.6 is 0 Å². The third kappa shape index (κ3) is 2.20. The van der Waals surface area contributed by atoms with Crippen molar-refractivity contribution < 1.29 is 0 Å². The highest BCUT2D eigenvalue weighted by Gasteiger charge is 2.51. The van der Waals surface area contributed by atoms with Crippen LogP contribution in [0.25, 0.3) is 0 Å². The van der Waals surface area contributed by atoms with Gasteiger partial charge in [0.2, 0.25) is 0 Å². The fraction of sp³-hybridized carbons (Fsp3) is 0.684. The van der Waals surface area contributed by atoms with E-state index in [1.54, 1.807) is 0 Å². The van der Waals surface area contributed by atoms with Gasteiger partial charge in [-0.25, -0.2) is 0 Å². The Labute approximate surface area is 122 Å². The molecule has 1 unspecified atom stereocenters. The van der Waals surface area contributed by atoms with Gasteiger partial charge in [-0.1, -0.05) is 29.8 Å². The number of benzene rings is 1. The molecule has 5 rings (SSSR count). The third-order valence-electron chi connectivity index (χ3n) is 6.29. The second kappa shape index (κ2) is 4.59. The molecule has 1 heteroatoms. The standard InChI is InChI=1S/C19H27N/c1-13-3-2-4-17(5-13)18(20)12-19-9-14-6-15(10-19)8-16(7-14)11-19/h2-5,14-16,18H,6-12,20H2,1H3. The Morgan fingerprint density at radius 2 is 1.70 bits per heavy atom. The molecule has 108 valence electrons. The van der Waals surface area contributed by atoms with Gasteiger partial charge in [-0.05, 0) is 80.6 Å². The van der Waals surface area contributed by atoms with Crippen LogP contribution in [-0.4, -0.2) is 0 Å². The van der Waals surface area contributed by atoms with E-state index >= 15 is 0 Å². The van der Waals surface area contributed by atoms with E-state index in [0.29, 0.717) is 5.41 Å². The monoisotopic (exact) mass is 269 g/mol. The van der Waals surface area contributed by atoms with Crippen molar-refractivity contribution in [1.29, 1.82) is 0 Å². The van der Waals surface area contributed by atoms with Crippen molar-refractivity contribution in [3.05, 3.63) is 35.4 Å². The topological polar surface area (TPSA) is 26.0 Å². The minimum atomic E-state index is 0.242. The van der Waals surface area contributed by atoms with E-state index in [2.05, 4.69) is 31.2 Å². The van der Waals surface area contributed by atoms with Crippen molar-refractivity contribution in [1.82, 2.24) is 0 Å². The van der Waals surface area contributed by atoms with Crippen molar-refractivity contribution in [2.24, 2.45) is 28.9 Å². The Morgan fingerprint density at radius 3 is 2.25 bits per heavy atom. The van der Waals surface area contributed by atoms with E-state index in [4.69, 9.17) is 5.73 Å². The zero-order chi connectivity index (χ0) is 13.7. The van der Waals surface area contributed by atoms with Crippen molar-refractivity contribution >= 4 is 0 Å². The predicted molar refractivity (Wildman–Crippen MR) is 83.3 cm³/mol. The number of hydrogen-bond donors (Lipinski definition) is 1. The lowest BCUT2D eigenvalue weighted by molar-refractivity contribution is -0.0605. The van der Waals surface area contributed by atoms with Crippen LogP contribution < -0.4 is 5.73 Å². The Balaban J connectivity index is 1.53. The minimum Gasteiger partial charge on any atom is -0.324 e. The van der Waals surface area contributed by atoms with E-state index in [1.165, 1.54) is 56.1 Å². The molecular formula is C19H27N. The van der Waals surface area contributed by atoms with Crippen LogP contribution in [0.15, 0.2) is 24.3 Å². The average molecular weight is 269 g/mol. The molecule has 4 aliphatic rings. The van der Waals surface area contributed by atoms with Crippen LogP contribution in [0.3, 0.4) is 0 Å². The van der Waals surface area contributed by atoms with Gasteiger partial charge >= 0.3 is 0 Å². The summed E-state index contributed by atoms with van der Waals surface area (Å²) in [6.45, 7) is 2.17. The first-order valence-electron chi connectivity index (χ1n) is 8.44. The van der Waals surface area contributed by atoms with Crippen LogP contribution in [0, 0.1) is 30.1 Å². The van der Waals surface area contributed by atoms with Gasteiger partial charge in [0.15, 0.2) is 0 Å². The summed E-state index contributed by atoms with van der Waals surface area (Å²) in [5, 5.41) is 0. The molecule has 1 atom stereocenters. The molecule has 0 saturated heterocycles. The molecule has 0 amide bonds. The first kappa shape index (κ1) is 12.9. The molecule has 4 bridgehead atoms. The van der Waals surface area contributed by atoms with Gasteiger partial charge in [-0.15, -0.1) is 0 Å². The molecule has 1 aromatic carbocycles. The summed E-state index contributed by atoms with van der Waals surface area (Å²) in [6, 6.07) is 9.07. The summed E-state index contributed by atoms with van der Waals surface area (Å²) < 4.78 is 0. The second-order valence-electron chi connectivity index (χ2n) is 8.14. The second-order valence-corrected chi connectivity index (χ2v) is 8.14. The summed E-state index contributed by atoms with van der Waals surface area (Å²) in [5.74, 6) is 3.10. The van der Waals surface area contributed by atoms with Crippen molar-refractivity contribution in [2.45, 2.75) is 57.9 Å². The van der Waals surface area contributed by atoms with Gasteiger partial charge in [0.25, 0.3) is 0 Å². The zero-order valence-electron chi connectivity index (χ0n) is 12.6. The molecule has 0 aliphatic heterocycles. The normalized spacial score (nSPS) is 40.0. The highest BCUT2D eigenvalue weighted by atomic mass is 14.7. The van der Waals surface area contributed by atoms with Gasteiger partial charge < -0.3 is 5.73 Å². The Bertz CT molecular complexity index is 469. The molecule has 20 heavy (non-hydrogen) atoms. The minimum absolute atomic E-state index is 0.242. The molecule has 0 radical (unpaired) electrons. The number of hydrogen-bond acceptors (Lipinski definition) is 1. The molecule has 0 heterocycles. The highest BCUT2D eigenvalue weighted by Crippen LogP contribution is 2.62. The van der Waals surface area contributed by atoms with Gasteiger partial charge in [-0.3, -0.25) is 0 Å². The van der Waals surface area contributed by atoms with Crippen LogP contribution in [0.1, 0.15) is 62.1 Å². The quantitative estimate of drug-likeness (QED) is 0.852. The Hall–Kier alpha value is -0.820. The summed E-state index contributed by atoms with van der Waals surface area (Å²) in [4.78, 5) is 0. The zero-order valence-corrected chi connectivity index (χ0v) is 12.6. The van der Waals surface area contributed by atoms with Crippen molar-refractivity contribution in [3.8, 4) is 0 Å². The van der Waals surface area contributed by atoms with Gasteiger partial charge in [-0.2, -0.15) is 0 Å². The maximum Gasteiger partial charge on any atom is 0.0300 e. The Kier molecular flexibility index (Phi) is 2.96. The van der Waals surface area contributed by atoms with Gasteiger partial charge in [0.05, 0.1) is 0 Å². The predicted octanol–water partition coefficient (Wildman–Crippen LogP) is 4.60. The molecule has 2 N–H and O–H groups in total. The van der Waals surface area contributed by atoms with E-state index in [1.807, 2.05) is 0 Å². The van der Waals surface area contributed by atoms with E-state index in [0.717, 1.165) is 17.8 Å². The SMILES string of the molecule is Cc1cccc(C(N)CC23CC4CC(CC(C4)C2)C3)c1. The molecule has 0 spiro atoms. The van der Waals surface area contributed by atoms with Crippen LogP contribution in [0.5, 0.6) is 0 Å². The van der Waals surface area contributed by atoms with E-state index < -0.39 is 0 Å². The summed E-state index contributed by atoms with van der Waals surface area (Å²) in [6.07, 6.45) is 10.2. The maximum atomic E-state index is 6.59.